The summed E-state index contributed by atoms with van der Waals surface area (Å²) in [7, 11) is 3.13. The number of rotatable bonds is 7. The number of carbonyl (C=O) groups excluding carboxylic acids is 3. The smallest absolute Gasteiger partial charge is 0.305 e. The van der Waals surface area contributed by atoms with Crippen molar-refractivity contribution in [3.05, 3.63) is 23.8 Å². The molecule has 1 aromatic rings. The van der Waals surface area contributed by atoms with Gasteiger partial charge in [-0.15, -0.1) is 0 Å². The minimum absolute atomic E-state index is 0.00392. The number of hydrogen-bond donors (Lipinski definition) is 1. The molecular formula is C18H22N2O6. The number of benzene rings is 1. The molecule has 1 aliphatic rings. The van der Waals surface area contributed by atoms with E-state index in [1.807, 2.05) is 0 Å². The summed E-state index contributed by atoms with van der Waals surface area (Å²) in [5.74, 6) is -1.17. The molecule has 1 aromatic carbocycles. The average Bonchev–Trinajstić information content (AvgIpc) is 2.61. The Hall–Kier alpha value is -2.90. The van der Waals surface area contributed by atoms with Gasteiger partial charge in [-0.25, -0.2) is 0 Å². The van der Waals surface area contributed by atoms with E-state index in [2.05, 4.69) is 0 Å². The van der Waals surface area contributed by atoms with Crippen LogP contribution >= 0.6 is 0 Å². The lowest BCUT2D eigenvalue weighted by atomic mass is 10.0. The lowest BCUT2D eigenvalue weighted by molar-refractivity contribution is -0.138. The highest BCUT2D eigenvalue weighted by molar-refractivity contribution is 6.03. The van der Waals surface area contributed by atoms with Gasteiger partial charge in [-0.05, 0) is 25.1 Å². The number of carboxylic acid groups (broad SMARTS) is 1. The SMILES string of the molecule is CC1Oc2ccc(C(=O)CCC(=O)N(C)CCC(=O)O)cc2N(C)C1=O. The number of carboxylic acids is 1. The van der Waals surface area contributed by atoms with Gasteiger partial charge in [-0.2, -0.15) is 0 Å². The van der Waals surface area contributed by atoms with Crippen molar-refractivity contribution in [2.75, 3.05) is 25.5 Å². The molecule has 140 valence electrons. The van der Waals surface area contributed by atoms with E-state index in [-0.39, 0.29) is 43.4 Å². The summed E-state index contributed by atoms with van der Waals surface area (Å²) in [4.78, 5) is 49.6. The van der Waals surface area contributed by atoms with Crippen molar-refractivity contribution in [1.82, 2.24) is 4.90 Å². The third-order valence-corrected chi connectivity index (χ3v) is 4.28. The van der Waals surface area contributed by atoms with Crippen molar-refractivity contribution in [2.24, 2.45) is 0 Å². The molecule has 0 aliphatic carbocycles. The second-order valence-electron chi connectivity index (χ2n) is 6.22. The Morgan fingerprint density at radius 1 is 1.23 bits per heavy atom. The first-order chi connectivity index (χ1) is 12.2. The highest BCUT2D eigenvalue weighted by Gasteiger charge is 2.29. The van der Waals surface area contributed by atoms with Crippen molar-refractivity contribution in [1.29, 1.82) is 0 Å². The van der Waals surface area contributed by atoms with E-state index < -0.39 is 12.1 Å². The maximum Gasteiger partial charge on any atom is 0.305 e. The number of fused-ring (bicyclic) bond motifs is 1. The van der Waals surface area contributed by atoms with E-state index in [0.29, 0.717) is 17.0 Å². The highest BCUT2D eigenvalue weighted by atomic mass is 16.5. The predicted molar refractivity (Wildman–Crippen MR) is 93.4 cm³/mol. The largest absolute Gasteiger partial charge is 0.481 e. The van der Waals surface area contributed by atoms with Crippen LogP contribution in [-0.2, 0) is 14.4 Å². The first-order valence-corrected chi connectivity index (χ1v) is 8.28. The van der Waals surface area contributed by atoms with Gasteiger partial charge >= 0.3 is 5.97 Å². The number of carbonyl (C=O) groups is 4. The monoisotopic (exact) mass is 362 g/mol. The summed E-state index contributed by atoms with van der Waals surface area (Å²) in [5, 5.41) is 8.63. The molecule has 8 nitrogen and oxygen atoms in total. The topological polar surface area (TPSA) is 104 Å². The minimum Gasteiger partial charge on any atom is -0.481 e. The Labute approximate surface area is 151 Å². The molecule has 0 bridgehead atoms. The zero-order chi connectivity index (χ0) is 19.4. The first-order valence-electron chi connectivity index (χ1n) is 8.28. The Morgan fingerprint density at radius 2 is 1.92 bits per heavy atom. The molecule has 8 heteroatoms. The number of hydrogen-bond acceptors (Lipinski definition) is 5. The standard InChI is InChI=1S/C18H22N2O6/c1-11-18(25)20(3)13-10-12(4-6-15(13)26-11)14(21)5-7-16(22)19(2)9-8-17(23)24/h4,6,10-11H,5,7-9H2,1-3H3,(H,23,24). The van der Waals surface area contributed by atoms with Crippen LogP contribution < -0.4 is 9.64 Å². The van der Waals surface area contributed by atoms with Gasteiger partial charge < -0.3 is 19.6 Å². The molecule has 0 spiro atoms. The number of likely N-dealkylation sites (N-methyl/N-ethyl adjacent to an activating group) is 1. The summed E-state index contributed by atoms with van der Waals surface area (Å²) < 4.78 is 5.51. The number of ether oxygens (including phenoxy) is 1. The van der Waals surface area contributed by atoms with Crippen molar-refractivity contribution in [3.8, 4) is 5.75 Å². The quantitative estimate of drug-likeness (QED) is 0.734. The van der Waals surface area contributed by atoms with Crippen LogP contribution in [0.2, 0.25) is 0 Å². The molecule has 0 aromatic heterocycles. The molecule has 1 unspecified atom stereocenters. The number of ketones is 1. The Morgan fingerprint density at radius 3 is 2.58 bits per heavy atom. The molecule has 2 amide bonds. The molecule has 26 heavy (non-hydrogen) atoms. The fourth-order valence-electron chi connectivity index (χ4n) is 2.63. The minimum atomic E-state index is -0.981. The van der Waals surface area contributed by atoms with E-state index >= 15 is 0 Å². The van der Waals surface area contributed by atoms with E-state index in [4.69, 9.17) is 9.84 Å². The van der Waals surface area contributed by atoms with Gasteiger partial charge in [0.2, 0.25) is 5.91 Å². The lowest BCUT2D eigenvalue weighted by Crippen LogP contribution is -2.42. The number of aliphatic carboxylic acids is 1. The van der Waals surface area contributed by atoms with Crippen LogP contribution in [0.5, 0.6) is 5.75 Å². The second kappa shape index (κ2) is 7.99. The third kappa shape index (κ3) is 4.38. The lowest BCUT2D eigenvalue weighted by Gasteiger charge is -2.30. The van der Waals surface area contributed by atoms with E-state index in [1.54, 1.807) is 32.2 Å². The molecule has 1 N–H and O–H groups in total. The molecule has 1 atom stereocenters. The summed E-state index contributed by atoms with van der Waals surface area (Å²) in [6.07, 6.45) is -0.717. The normalized spacial score (nSPS) is 15.9. The summed E-state index contributed by atoms with van der Waals surface area (Å²) in [6.45, 7) is 1.76. The molecule has 0 saturated carbocycles. The van der Waals surface area contributed by atoms with Crippen LogP contribution in [0, 0.1) is 0 Å². The zero-order valence-electron chi connectivity index (χ0n) is 15.0. The van der Waals surface area contributed by atoms with Gasteiger partial charge in [0, 0.05) is 39.0 Å². The van der Waals surface area contributed by atoms with Gasteiger partial charge in [0.15, 0.2) is 11.9 Å². The number of anilines is 1. The number of amides is 2. The van der Waals surface area contributed by atoms with Gasteiger partial charge in [-0.3, -0.25) is 19.2 Å². The zero-order valence-corrected chi connectivity index (χ0v) is 15.0. The first kappa shape index (κ1) is 19.4. The van der Waals surface area contributed by atoms with Gasteiger partial charge in [-0.1, -0.05) is 0 Å². The van der Waals surface area contributed by atoms with Crippen LogP contribution in [0.1, 0.15) is 36.5 Å². The number of Topliss-reactive ketones (excluding diaryl/α,β-unsaturated/α-hetero) is 1. The van der Waals surface area contributed by atoms with Crippen LogP contribution in [0.3, 0.4) is 0 Å². The van der Waals surface area contributed by atoms with Crippen LogP contribution in [0.4, 0.5) is 5.69 Å². The van der Waals surface area contributed by atoms with E-state index in [9.17, 15) is 19.2 Å². The maximum atomic E-state index is 12.4. The molecule has 0 fully saturated rings. The molecule has 0 saturated heterocycles. The van der Waals surface area contributed by atoms with Gasteiger partial charge in [0.25, 0.3) is 5.91 Å². The van der Waals surface area contributed by atoms with Crippen LogP contribution in [-0.4, -0.2) is 60.3 Å². The van der Waals surface area contributed by atoms with E-state index in [1.165, 1.54) is 16.8 Å². The molecule has 0 radical (unpaired) electrons. The number of nitrogens with zero attached hydrogens (tertiary/aromatic N) is 2. The Balaban J connectivity index is 1.99. The Bertz CT molecular complexity index is 745. The third-order valence-electron chi connectivity index (χ3n) is 4.28. The van der Waals surface area contributed by atoms with Gasteiger partial charge in [0.1, 0.15) is 5.75 Å². The second-order valence-corrected chi connectivity index (χ2v) is 6.22. The summed E-state index contributed by atoms with van der Waals surface area (Å²) in [6, 6.07) is 4.83. The summed E-state index contributed by atoms with van der Waals surface area (Å²) in [5.41, 5.74) is 0.909. The molecule has 1 aliphatic heterocycles. The average molecular weight is 362 g/mol. The predicted octanol–water partition coefficient (Wildman–Crippen LogP) is 1.33. The molecule has 2 rings (SSSR count). The van der Waals surface area contributed by atoms with Crippen molar-refractivity contribution >= 4 is 29.3 Å². The highest BCUT2D eigenvalue weighted by Crippen LogP contribution is 2.34. The van der Waals surface area contributed by atoms with Crippen molar-refractivity contribution < 1.29 is 29.0 Å². The van der Waals surface area contributed by atoms with E-state index in [0.717, 1.165) is 0 Å². The van der Waals surface area contributed by atoms with Crippen LogP contribution in [0.25, 0.3) is 0 Å². The fourth-order valence-corrected chi connectivity index (χ4v) is 2.63. The van der Waals surface area contributed by atoms with Crippen LogP contribution in [0.15, 0.2) is 18.2 Å². The maximum absolute atomic E-state index is 12.4. The molecule has 1 heterocycles. The van der Waals surface area contributed by atoms with Crippen molar-refractivity contribution in [2.45, 2.75) is 32.3 Å². The Kier molecular flexibility index (Phi) is 5.97. The van der Waals surface area contributed by atoms with Crippen molar-refractivity contribution in [3.63, 3.8) is 0 Å². The van der Waals surface area contributed by atoms with Gasteiger partial charge in [0.05, 0.1) is 12.1 Å². The molecular weight excluding hydrogens is 340 g/mol. The summed E-state index contributed by atoms with van der Waals surface area (Å²) >= 11 is 0. The fraction of sp³-hybridized carbons (Fsp3) is 0.444.